The van der Waals surface area contributed by atoms with Gasteiger partial charge in [-0.15, -0.1) is 0 Å². The maximum Gasteiger partial charge on any atom is 0.290 e. The Morgan fingerprint density at radius 1 is 1.32 bits per heavy atom. The van der Waals surface area contributed by atoms with Crippen LogP contribution >= 0.6 is 11.6 Å². The molecular weight excluding hydrogens is 264 g/mol. The molecule has 1 aromatic heterocycles. The van der Waals surface area contributed by atoms with Crippen molar-refractivity contribution in [3.05, 3.63) is 28.4 Å². The van der Waals surface area contributed by atoms with Gasteiger partial charge in [0.25, 0.3) is 11.5 Å². The molecule has 0 aliphatic rings. The molecule has 0 saturated heterocycles. The smallest absolute Gasteiger partial charge is 0.290 e. The molecule has 0 saturated carbocycles. The average Bonchev–Trinajstić information content (AvgIpc) is 2.39. The van der Waals surface area contributed by atoms with E-state index in [9.17, 15) is 5.21 Å². The Morgan fingerprint density at radius 3 is 2.95 bits per heavy atom. The lowest BCUT2D eigenvalue weighted by Crippen LogP contribution is -2.33. The van der Waals surface area contributed by atoms with Gasteiger partial charge in [0.1, 0.15) is 5.52 Å². The molecule has 1 N–H and O–H groups in total. The fourth-order valence-corrected chi connectivity index (χ4v) is 2.01. The number of hydrogen-bond donors (Lipinski definition) is 1. The van der Waals surface area contributed by atoms with Crippen molar-refractivity contribution in [1.82, 2.24) is 10.1 Å². The number of aromatic nitrogens is 3. The summed E-state index contributed by atoms with van der Waals surface area (Å²) in [6, 6.07) is 4.99. The highest BCUT2D eigenvalue weighted by Gasteiger charge is 2.10. The van der Waals surface area contributed by atoms with Gasteiger partial charge in [0.2, 0.25) is 0 Å². The minimum atomic E-state index is 0.362. The van der Waals surface area contributed by atoms with Crippen molar-refractivity contribution in [2.75, 3.05) is 11.9 Å². The minimum absolute atomic E-state index is 0.362. The number of halogens is 1. The summed E-state index contributed by atoms with van der Waals surface area (Å²) < 4.78 is 0. The van der Waals surface area contributed by atoms with Gasteiger partial charge >= 0.3 is 0 Å². The Labute approximate surface area is 117 Å². The third-order valence-corrected chi connectivity index (χ3v) is 3.10. The van der Waals surface area contributed by atoms with E-state index < -0.39 is 0 Å². The van der Waals surface area contributed by atoms with Gasteiger partial charge in [-0.05, 0) is 23.4 Å². The van der Waals surface area contributed by atoms with Crippen LogP contribution in [0.1, 0.15) is 32.6 Å². The summed E-state index contributed by atoms with van der Waals surface area (Å²) in [5.74, 6) is 0.362. The zero-order valence-corrected chi connectivity index (χ0v) is 11.7. The Hall–Kier alpha value is -1.62. The molecule has 0 amide bonds. The predicted molar refractivity (Wildman–Crippen MR) is 76.1 cm³/mol. The van der Waals surface area contributed by atoms with Gasteiger partial charge in [-0.1, -0.05) is 37.8 Å². The van der Waals surface area contributed by atoms with Crippen molar-refractivity contribution in [2.45, 2.75) is 32.6 Å². The number of hydrogen-bond acceptors (Lipinski definition) is 4. The van der Waals surface area contributed by atoms with Crippen LogP contribution in [0.3, 0.4) is 0 Å². The number of nitrogens with one attached hydrogen (secondary N) is 1. The second-order valence-corrected chi connectivity index (χ2v) is 4.87. The third kappa shape index (κ3) is 3.67. The van der Waals surface area contributed by atoms with Crippen LogP contribution in [-0.4, -0.2) is 16.6 Å². The zero-order chi connectivity index (χ0) is 13.7. The van der Waals surface area contributed by atoms with E-state index in [0.29, 0.717) is 26.8 Å². The van der Waals surface area contributed by atoms with Crippen molar-refractivity contribution in [3.63, 3.8) is 0 Å². The molecule has 0 radical (unpaired) electrons. The highest BCUT2D eigenvalue weighted by molar-refractivity contribution is 6.31. The summed E-state index contributed by atoms with van der Waals surface area (Å²) in [4.78, 5) is 4.85. The number of fused-ring (bicyclic) bond motifs is 1. The number of nitrogens with zero attached hydrogens (tertiary/aromatic N) is 3. The standard InChI is InChI=1S/C13H17ClN4O/c1-2-3-4-5-8-15-13-16-11-7-6-10(14)9-12(11)18(19)17-13/h6-7,9H,2-5,8H2,1H3,(H,15,16,17). The van der Waals surface area contributed by atoms with Crippen molar-refractivity contribution < 1.29 is 4.85 Å². The molecule has 0 spiro atoms. The third-order valence-electron chi connectivity index (χ3n) is 2.87. The molecule has 0 bridgehead atoms. The highest BCUT2D eigenvalue weighted by atomic mass is 35.5. The second-order valence-electron chi connectivity index (χ2n) is 4.43. The molecule has 0 fully saturated rings. The lowest BCUT2D eigenvalue weighted by Gasteiger charge is -2.05. The van der Waals surface area contributed by atoms with E-state index in [1.165, 1.54) is 19.3 Å². The van der Waals surface area contributed by atoms with E-state index in [2.05, 4.69) is 22.3 Å². The normalized spacial score (nSPS) is 10.8. The maximum absolute atomic E-state index is 11.8. The fourth-order valence-electron chi connectivity index (χ4n) is 1.85. The van der Waals surface area contributed by atoms with E-state index in [-0.39, 0.29) is 0 Å². The highest BCUT2D eigenvalue weighted by Crippen LogP contribution is 2.15. The quantitative estimate of drug-likeness (QED) is 0.502. The molecule has 2 rings (SSSR count). The molecule has 5 nitrogen and oxygen atoms in total. The summed E-state index contributed by atoms with van der Waals surface area (Å²) in [5, 5.41) is 19.2. The Kier molecular flexibility index (Phi) is 4.74. The molecule has 0 aliphatic carbocycles. The first-order chi connectivity index (χ1) is 9.20. The number of rotatable bonds is 6. The number of unbranched alkanes of at least 4 members (excludes halogenated alkanes) is 3. The molecule has 2 aromatic rings. The van der Waals surface area contributed by atoms with Crippen molar-refractivity contribution >= 4 is 28.6 Å². The van der Waals surface area contributed by atoms with Crippen LogP contribution in [0, 0.1) is 5.21 Å². The van der Waals surface area contributed by atoms with Gasteiger partial charge in [-0.2, -0.15) is 0 Å². The van der Waals surface area contributed by atoms with Crippen LogP contribution in [-0.2, 0) is 0 Å². The van der Waals surface area contributed by atoms with Gasteiger partial charge in [0, 0.05) is 17.6 Å². The Bertz CT molecular complexity index is 562. The maximum atomic E-state index is 11.8. The first-order valence-corrected chi connectivity index (χ1v) is 6.89. The van der Waals surface area contributed by atoms with E-state index >= 15 is 0 Å². The van der Waals surface area contributed by atoms with E-state index in [0.717, 1.165) is 13.0 Å². The first-order valence-electron chi connectivity index (χ1n) is 6.51. The van der Waals surface area contributed by atoms with Crippen molar-refractivity contribution in [1.29, 1.82) is 0 Å². The molecule has 102 valence electrons. The van der Waals surface area contributed by atoms with Crippen LogP contribution in [0.5, 0.6) is 0 Å². The van der Waals surface area contributed by atoms with Crippen LogP contribution in [0.15, 0.2) is 18.2 Å². The number of benzene rings is 1. The fraction of sp³-hybridized carbons (Fsp3) is 0.462. The lowest BCUT2D eigenvalue weighted by molar-refractivity contribution is -0.641. The molecule has 1 aromatic carbocycles. The summed E-state index contributed by atoms with van der Waals surface area (Å²) in [6.45, 7) is 2.95. The molecule has 6 heteroatoms. The molecule has 1 heterocycles. The van der Waals surface area contributed by atoms with Crippen molar-refractivity contribution in [2.24, 2.45) is 0 Å². The Morgan fingerprint density at radius 2 is 2.16 bits per heavy atom. The van der Waals surface area contributed by atoms with Gasteiger partial charge in [-0.25, -0.2) is 4.98 Å². The molecule has 0 atom stereocenters. The predicted octanol–water partition coefficient (Wildman–Crippen LogP) is 2.91. The average molecular weight is 281 g/mol. The van der Waals surface area contributed by atoms with Gasteiger partial charge in [0.15, 0.2) is 0 Å². The summed E-state index contributed by atoms with van der Waals surface area (Å²) >= 11 is 5.84. The summed E-state index contributed by atoms with van der Waals surface area (Å²) in [6.07, 6.45) is 4.65. The number of anilines is 1. The van der Waals surface area contributed by atoms with Crippen molar-refractivity contribution in [3.8, 4) is 0 Å². The molecule has 0 aliphatic heterocycles. The van der Waals surface area contributed by atoms with Crippen LogP contribution in [0.25, 0.3) is 11.0 Å². The van der Waals surface area contributed by atoms with E-state index in [1.54, 1.807) is 18.2 Å². The van der Waals surface area contributed by atoms with Crippen LogP contribution in [0.2, 0.25) is 5.02 Å². The SMILES string of the molecule is CCCCCCNc1nc2ccc(Cl)cc2[n+]([O-])n1. The zero-order valence-electron chi connectivity index (χ0n) is 10.9. The van der Waals surface area contributed by atoms with Gasteiger partial charge < -0.3 is 10.5 Å². The first kappa shape index (κ1) is 13.8. The van der Waals surface area contributed by atoms with Gasteiger partial charge in [-0.3, -0.25) is 0 Å². The van der Waals surface area contributed by atoms with Crippen LogP contribution < -0.4 is 10.2 Å². The van der Waals surface area contributed by atoms with Crippen LogP contribution in [0.4, 0.5) is 5.95 Å². The summed E-state index contributed by atoms with van der Waals surface area (Å²) in [7, 11) is 0. The van der Waals surface area contributed by atoms with Gasteiger partial charge in [0.05, 0.1) is 5.10 Å². The minimum Gasteiger partial charge on any atom is -0.594 e. The second kappa shape index (κ2) is 6.52. The van der Waals surface area contributed by atoms with E-state index in [1.807, 2.05) is 0 Å². The summed E-state index contributed by atoms with van der Waals surface area (Å²) in [5.41, 5.74) is 0.967. The van der Waals surface area contributed by atoms with E-state index in [4.69, 9.17) is 11.6 Å². The molecule has 19 heavy (non-hydrogen) atoms. The Balaban J connectivity index is 2.06. The lowest BCUT2D eigenvalue weighted by atomic mass is 10.2. The monoisotopic (exact) mass is 280 g/mol. The topological polar surface area (TPSA) is 64.8 Å². The largest absolute Gasteiger partial charge is 0.594 e. The molecular formula is C13H17ClN4O. The molecule has 0 unspecified atom stereocenters.